The number of nitrogens with two attached hydrogens (primary N) is 1. The summed E-state index contributed by atoms with van der Waals surface area (Å²) in [6.45, 7) is 0. The second kappa shape index (κ2) is 4.48. The Balaban J connectivity index is 2.20. The number of amides is 1. The third kappa shape index (κ3) is 2.70. The molecule has 7 heteroatoms. The number of anilines is 1. The average molecular weight is 276 g/mol. The smallest absolute Gasteiger partial charge is 0.324 e. The number of carbonyl (C=O) groups is 1. The number of nitrogens with one attached hydrogen (secondary N) is 1. The Labute approximate surface area is 106 Å². The van der Waals surface area contributed by atoms with E-state index in [9.17, 15) is 22.4 Å². The Morgan fingerprint density at radius 3 is 2.42 bits per heavy atom. The van der Waals surface area contributed by atoms with Crippen LogP contribution in [0.1, 0.15) is 24.8 Å². The van der Waals surface area contributed by atoms with E-state index in [4.69, 9.17) is 5.73 Å². The number of carbonyl (C=O) groups excluding carboxylic acids is 1. The molecule has 0 spiro atoms. The normalized spacial score (nSPS) is 17.7. The fraction of sp³-hybridized carbons (Fsp3) is 0.417. The topological polar surface area (TPSA) is 55.1 Å². The molecule has 0 radical (unpaired) electrons. The molecule has 1 aliphatic carbocycles. The minimum Gasteiger partial charge on any atom is -0.324 e. The highest BCUT2D eigenvalue weighted by Crippen LogP contribution is 2.34. The van der Waals surface area contributed by atoms with Crippen LogP contribution in [0.4, 0.5) is 23.2 Å². The molecule has 1 aromatic rings. The quantitative estimate of drug-likeness (QED) is 0.816. The summed E-state index contributed by atoms with van der Waals surface area (Å²) in [4.78, 5) is 11.8. The summed E-state index contributed by atoms with van der Waals surface area (Å²) >= 11 is 0. The molecule has 0 saturated heterocycles. The minimum atomic E-state index is -4.80. The molecule has 0 heterocycles. The Bertz CT molecular complexity index is 509. The van der Waals surface area contributed by atoms with Crippen LogP contribution >= 0.6 is 0 Å². The molecule has 1 saturated carbocycles. The zero-order valence-corrected chi connectivity index (χ0v) is 9.85. The maximum Gasteiger partial charge on any atom is 0.419 e. The summed E-state index contributed by atoms with van der Waals surface area (Å²) < 4.78 is 50.6. The Hall–Kier alpha value is -1.63. The van der Waals surface area contributed by atoms with E-state index < -0.39 is 29.0 Å². The number of rotatable bonds is 2. The molecule has 1 aliphatic rings. The van der Waals surface area contributed by atoms with E-state index in [-0.39, 0.29) is 5.69 Å². The van der Waals surface area contributed by atoms with Crippen molar-refractivity contribution >= 4 is 11.6 Å². The molecule has 104 valence electrons. The molecular formula is C12H12F4N2O. The van der Waals surface area contributed by atoms with Crippen molar-refractivity contribution in [3.05, 3.63) is 29.6 Å². The molecule has 1 fully saturated rings. The number of hydrogen-bond donors (Lipinski definition) is 2. The van der Waals surface area contributed by atoms with E-state index in [1.165, 1.54) is 0 Å². The van der Waals surface area contributed by atoms with Gasteiger partial charge in [0.2, 0.25) is 5.91 Å². The summed E-state index contributed by atoms with van der Waals surface area (Å²) in [5, 5.41) is 2.29. The van der Waals surface area contributed by atoms with Gasteiger partial charge in [-0.2, -0.15) is 13.2 Å². The van der Waals surface area contributed by atoms with Crippen LogP contribution in [0, 0.1) is 5.82 Å². The van der Waals surface area contributed by atoms with Gasteiger partial charge in [0, 0.05) is 5.69 Å². The van der Waals surface area contributed by atoms with Gasteiger partial charge in [-0.3, -0.25) is 4.79 Å². The Morgan fingerprint density at radius 1 is 1.32 bits per heavy atom. The fourth-order valence-electron chi connectivity index (χ4n) is 1.86. The molecule has 19 heavy (non-hydrogen) atoms. The van der Waals surface area contributed by atoms with Gasteiger partial charge < -0.3 is 11.1 Å². The van der Waals surface area contributed by atoms with Gasteiger partial charge in [-0.25, -0.2) is 4.39 Å². The first-order valence-corrected chi connectivity index (χ1v) is 5.69. The maximum absolute atomic E-state index is 13.1. The lowest BCUT2D eigenvalue weighted by Gasteiger charge is -2.36. The van der Waals surface area contributed by atoms with E-state index >= 15 is 0 Å². The number of halogens is 4. The minimum absolute atomic E-state index is 0.115. The Kier molecular flexibility index (Phi) is 3.25. The van der Waals surface area contributed by atoms with Crippen molar-refractivity contribution in [1.29, 1.82) is 0 Å². The first kappa shape index (κ1) is 13.8. The van der Waals surface area contributed by atoms with Gasteiger partial charge in [0.25, 0.3) is 0 Å². The summed E-state index contributed by atoms with van der Waals surface area (Å²) in [5.41, 5.74) is 3.19. The lowest BCUT2D eigenvalue weighted by atomic mass is 9.77. The van der Waals surface area contributed by atoms with Crippen LogP contribution in [0.5, 0.6) is 0 Å². The van der Waals surface area contributed by atoms with E-state index in [1.54, 1.807) is 0 Å². The molecule has 0 bridgehead atoms. The second-order valence-electron chi connectivity index (χ2n) is 4.66. The molecule has 3 nitrogen and oxygen atoms in total. The van der Waals surface area contributed by atoms with Gasteiger partial charge in [-0.1, -0.05) is 0 Å². The first-order valence-electron chi connectivity index (χ1n) is 5.69. The van der Waals surface area contributed by atoms with Crippen molar-refractivity contribution in [3.8, 4) is 0 Å². The first-order chi connectivity index (χ1) is 8.72. The van der Waals surface area contributed by atoms with Crippen LogP contribution in [0.15, 0.2) is 18.2 Å². The summed E-state index contributed by atoms with van der Waals surface area (Å²) in [7, 11) is 0. The predicted octanol–water partition coefficient (Wildman–Crippen LogP) is 2.66. The van der Waals surface area contributed by atoms with Crippen molar-refractivity contribution in [2.75, 3.05) is 5.32 Å². The lowest BCUT2D eigenvalue weighted by Crippen LogP contribution is -2.56. The number of benzene rings is 1. The molecule has 1 aromatic carbocycles. The molecule has 0 aromatic heterocycles. The molecular weight excluding hydrogens is 264 g/mol. The molecule has 1 amide bonds. The van der Waals surface area contributed by atoms with Crippen molar-refractivity contribution < 1.29 is 22.4 Å². The van der Waals surface area contributed by atoms with Gasteiger partial charge in [0.15, 0.2) is 0 Å². The van der Waals surface area contributed by atoms with Crippen LogP contribution in [0.3, 0.4) is 0 Å². The molecule has 3 N–H and O–H groups in total. The summed E-state index contributed by atoms with van der Waals surface area (Å²) in [6.07, 6.45) is -3.01. The monoisotopic (exact) mass is 276 g/mol. The third-order valence-corrected chi connectivity index (χ3v) is 3.23. The fourth-order valence-corrected chi connectivity index (χ4v) is 1.86. The van der Waals surface area contributed by atoms with Crippen LogP contribution in [-0.2, 0) is 11.0 Å². The van der Waals surface area contributed by atoms with Gasteiger partial charge in [-0.15, -0.1) is 0 Å². The molecule has 2 rings (SSSR count). The van der Waals surface area contributed by atoms with Crippen LogP contribution in [0.2, 0.25) is 0 Å². The van der Waals surface area contributed by atoms with Gasteiger partial charge in [-0.05, 0) is 37.5 Å². The SMILES string of the molecule is NC1(C(=O)Nc2ccc(F)c(C(F)(F)F)c2)CCC1. The van der Waals surface area contributed by atoms with Gasteiger partial charge in [0.1, 0.15) is 5.82 Å². The van der Waals surface area contributed by atoms with E-state index in [0.29, 0.717) is 25.0 Å². The zero-order chi connectivity index (χ0) is 14.3. The highest BCUT2D eigenvalue weighted by molar-refractivity contribution is 5.98. The van der Waals surface area contributed by atoms with Crippen LogP contribution < -0.4 is 11.1 Å². The maximum atomic E-state index is 13.1. The standard InChI is InChI=1S/C12H12F4N2O/c13-9-3-2-7(6-8(9)12(14,15)16)18-10(19)11(17)4-1-5-11/h2-3,6H,1,4-5,17H2,(H,18,19). The highest BCUT2D eigenvalue weighted by Gasteiger charge is 2.40. The van der Waals surface area contributed by atoms with Crippen LogP contribution in [0.25, 0.3) is 0 Å². The van der Waals surface area contributed by atoms with E-state index in [1.807, 2.05) is 0 Å². The average Bonchev–Trinajstić information content (AvgIpc) is 2.27. The summed E-state index contributed by atoms with van der Waals surface area (Å²) in [5.74, 6) is -1.92. The van der Waals surface area contributed by atoms with E-state index in [2.05, 4.69) is 5.32 Å². The van der Waals surface area contributed by atoms with Crippen molar-refractivity contribution in [1.82, 2.24) is 0 Å². The van der Waals surface area contributed by atoms with Gasteiger partial charge in [0.05, 0.1) is 11.1 Å². The van der Waals surface area contributed by atoms with Gasteiger partial charge >= 0.3 is 6.18 Å². The third-order valence-electron chi connectivity index (χ3n) is 3.23. The zero-order valence-electron chi connectivity index (χ0n) is 9.85. The number of hydrogen-bond acceptors (Lipinski definition) is 2. The second-order valence-corrected chi connectivity index (χ2v) is 4.66. The highest BCUT2D eigenvalue weighted by atomic mass is 19.4. The lowest BCUT2D eigenvalue weighted by molar-refractivity contribution is -0.140. The van der Waals surface area contributed by atoms with Crippen LogP contribution in [-0.4, -0.2) is 11.4 Å². The number of alkyl halides is 3. The van der Waals surface area contributed by atoms with Crippen molar-refractivity contribution in [3.63, 3.8) is 0 Å². The molecule has 0 atom stereocenters. The Morgan fingerprint density at radius 2 is 1.95 bits per heavy atom. The van der Waals surface area contributed by atoms with Crippen molar-refractivity contribution in [2.45, 2.75) is 31.0 Å². The van der Waals surface area contributed by atoms with Crippen molar-refractivity contribution in [2.24, 2.45) is 5.73 Å². The molecule has 0 unspecified atom stereocenters. The predicted molar refractivity (Wildman–Crippen MR) is 60.8 cm³/mol. The molecule has 0 aliphatic heterocycles. The summed E-state index contributed by atoms with van der Waals surface area (Å²) in [6, 6.07) is 2.31. The van der Waals surface area contributed by atoms with E-state index in [0.717, 1.165) is 12.5 Å². The largest absolute Gasteiger partial charge is 0.419 e.